The van der Waals surface area contributed by atoms with Crippen LogP contribution in [0.4, 0.5) is 0 Å². The van der Waals surface area contributed by atoms with Crippen LogP contribution in [0.3, 0.4) is 0 Å². The highest BCUT2D eigenvalue weighted by Crippen LogP contribution is 2.07. The van der Waals surface area contributed by atoms with Crippen LogP contribution < -0.4 is 11.5 Å². The molecule has 5 N–H and O–H groups in total. The summed E-state index contributed by atoms with van der Waals surface area (Å²) in [6.45, 7) is 0.267. The lowest BCUT2D eigenvalue weighted by atomic mass is 10.00. The topological polar surface area (TPSA) is 89.3 Å². The van der Waals surface area contributed by atoms with E-state index < -0.39 is 11.5 Å². The first-order chi connectivity index (χ1) is 4.56. The Labute approximate surface area is 65.0 Å². The Morgan fingerprint density at radius 2 is 2.20 bits per heavy atom. The SMILES string of the molecule is NCC[C@@](N)(CS)C(=O)O. The number of aliphatic carboxylic acids is 1. The highest BCUT2D eigenvalue weighted by molar-refractivity contribution is 7.80. The van der Waals surface area contributed by atoms with Crippen molar-refractivity contribution in [2.45, 2.75) is 12.0 Å². The molecular formula is C5H12N2O2S. The monoisotopic (exact) mass is 164 g/mol. The van der Waals surface area contributed by atoms with Gasteiger partial charge in [0.2, 0.25) is 0 Å². The van der Waals surface area contributed by atoms with E-state index in [4.69, 9.17) is 16.6 Å². The summed E-state index contributed by atoms with van der Waals surface area (Å²) < 4.78 is 0. The number of nitrogens with two attached hydrogens (primary N) is 2. The second-order valence-corrected chi connectivity index (χ2v) is 2.47. The number of carboxylic acids is 1. The maximum atomic E-state index is 10.4. The van der Waals surface area contributed by atoms with Gasteiger partial charge in [0.15, 0.2) is 0 Å². The van der Waals surface area contributed by atoms with Crippen LogP contribution in [0.2, 0.25) is 0 Å². The van der Waals surface area contributed by atoms with Crippen molar-refractivity contribution in [3.63, 3.8) is 0 Å². The van der Waals surface area contributed by atoms with E-state index in [9.17, 15) is 4.79 Å². The standard InChI is InChI=1S/C5H12N2O2S/c6-2-1-5(7,3-10)4(8)9/h10H,1-3,6-7H2,(H,8,9)/t5-/m1/s1. The van der Waals surface area contributed by atoms with E-state index in [-0.39, 0.29) is 18.7 Å². The molecule has 0 aliphatic carbocycles. The third kappa shape index (κ3) is 2.17. The summed E-state index contributed by atoms with van der Waals surface area (Å²) in [5.41, 5.74) is 9.29. The van der Waals surface area contributed by atoms with E-state index in [1.54, 1.807) is 0 Å². The first kappa shape index (κ1) is 9.74. The van der Waals surface area contributed by atoms with Gasteiger partial charge >= 0.3 is 5.97 Å². The number of carboxylic acid groups (broad SMARTS) is 1. The molecule has 1 atom stereocenters. The van der Waals surface area contributed by atoms with Crippen LogP contribution in [0.25, 0.3) is 0 Å². The lowest BCUT2D eigenvalue weighted by Gasteiger charge is -2.20. The fourth-order valence-corrected chi connectivity index (χ4v) is 0.805. The first-order valence-electron chi connectivity index (χ1n) is 2.90. The van der Waals surface area contributed by atoms with Crippen molar-refractivity contribution in [2.24, 2.45) is 11.5 Å². The predicted molar refractivity (Wildman–Crippen MR) is 42.1 cm³/mol. The van der Waals surface area contributed by atoms with Crippen LogP contribution in [0.5, 0.6) is 0 Å². The second-order valence-electron chi connectivity index (χ2n) is 2.16. The highest BCUT2D eigenvalue weighted by Gasteiger charge is 2.30. The summed E-state index contributed by atoms with van der Waals surface area (Å²) in [7, 11) is 0. The van der Waals surface area contributed by atoms with Crippen molar-refractivity contribution in [2.75, 3.05) is 12.3 Å². The van der Waals surface area contributed by atoms with E-state index in [1.165, 1.54) is 0 Å². The van der Waals surface area contributed by atoms with E-state index >= 15 is 0 Å². The van der Waals surface area contributed by atoms with Crippen LogP contribution in [-0.4, -0.2) is 28.9 Å². The molecule has 4 nitrogen and oxygen atoms in total. The molecule has 60 valence electrons. The van der Waals surface area contributed by atoms with Gasteiger partial charge in [-0.2, -0.15) is 12.6 Å². The second kappa shape index (κ2) is 3.80. The molecular weight excluding hydrogens is 152 g/mol. The van der Waals surface area contributed by atoms with Crippen LogP contribution >= 0.6 is 12.6 Å². The highest BCUT2D eigenvalue weighted by atomic mass is 32.1. The number of hydrogen-bond acceptors (Lipinski definition) is 4. The summed E-state index contributed by atoms with van der Waals surface area (Å²) in [5, 5.41) is 8.53. The number of carbonyl (C=O) groups is 1. The van der Waals surface area contributed by atoms with E-state index in [0.717, 1.165) is 0 Å². The van der Waals surface area contributed by atoms with Crippen molar-refractivity contribution < 1.29 is 9.90 Å². The van der Waals surface area contributed by atoms with Gasteiger partial charge in [0.05, 0.1) is 0 Å². The molecule has 0 bridgehead atoms. The predicted octanol–water partition coefficient (Wildman–Crippen LogP) is -0.953. The van der Waals surface area contributed by atoms with Crippen molar-refractivity contribution in [3.05, 3.63) is 0 Å². The average molecular weight is 164 g/mol. The van der Waals surface area contributed by atoms with Crippen LogP contribution in [0, 0.1) is 0 Å². The summed E-state index contributed by atoms with van der Waals surface area (Å²) >= 11 is 3.81. The van der Waals surface area contributed by atoms with Crippen molar-refractivity contribution >= 4 is 18.6 Å². The van der Waals surface area contributed by atoms with Gasteiger partial charge in [-0.1, -0.05) is 0 Å². The maximum Gasteiger partial charge on any atom is 0.324 e. The lowest BCUT2D eigenvalue weighted by Crippen LogP contribution is -2.51. The van der Waals surface area contributed by atoms with Crippen molar-refractivity contribution in [1.29, 1.82) is 0 Å². The van der Waals surface area contributed by atoms with Gasteiger partial charge < -0.3 is 16.6 Å². The molecule has 0 aliphatic rings. The Morgan fingerprint density at radius 3 is 2.30 bits per heavy atom. The molecule has 10 heavy (non-hydrogen) atoms. The normalized spacial score (nSPS) is 16.3. The van der Waals surface area contributed by atoms with Crippen LogP contribution in [-0.2, 0) is 4.79 Å². The minimum atomic E-state index is -1.25. The average Bonchev–Trinajstić information content (AvgIpc) is 1.88. The fourth-order valence-electron chi connectivity index (χ4n) is 0.511. The molecule has 0 aromatic heterocycles. The fraction of sp³-hybridized carbons (Fsp3) is 0.800. The molecule has 0 heterocycles. The number of rotatable bonds is 4. The molecule has 5 heteroatoms. The minimum absolute atomic E-state index is 0.111. The van der Waals surface area contributed by atoms with Gasteiger partial charge in [-0.25, -0.2) is 0 Å². The zero-order valence-corrected chi connectivity index (χ0v) is 6.47. The van der Waals surface area contributed by atoms with Gasteiger partial charge in [0.1, 0.15) is 5.54 Å². The third-order valence-corrected chi connectivity index (χ3v) is 1.86. The lowest BCUT2D eigenvalue weighted by molar-refractivity contribution is -0.142. The van der Waals surface area contributed by atoms with E-state index in [1.807, 2.05) is 0 Å². The Hall–Kier alpha value is -0.260. The molecule has 0 rings (SSSR count). The zero-order chi connectivity index (χ0) is 8.20. The Bertz CT molecular complexity index is 131. The van der Waals surface area contributed by atoms with Crippen molar-refractivity contribution in [1.82, 2.24) is 0 Å². The summed E-state index contributed by atoms with van der Waals surface area (Å²) in [6, 6.07) is 0. The quantitative estimate of drug-likeness (QED) is 0.403. The zero-order valence-electron chi connectivity index (χ0n) is 5.58. The largest absolute Gasteiger partial charge is 0.480 e. The minimum Gasteiger partial charge on any atom is -0.480 e. The Balaban J connectivity index is 4.08. The van der Waals surface area contributed by atoms with Gasteiger partial charge in [-0.3, -0.25) is 4.79 Å². The molecule has 0 radical (unpaired) electrons. The van der Waals surface area contributed by atoms with E-state index in [0.29, 0.717) is 0 Å². The number of thiol groups is 1. The van der Waals surface area contributed by atoms with Crippen molar-refractivity contribution in [3.8, 4) is 0 Å². The summed E-state index contributed by atoms with van der Waals surface area (Å²) in [5.74, 6) is -0.938. The molecule has 0 saturated heterocycles. The van der Waals surface area contributed by atoms with E-state index in [2.05, 4.69) is 12.6 Å². The molecule has 0 aromatic carbocycles. The molecule has 0 aliphatic heterocycles. The van der Waals surface area contributed by atoms with Gasteiger partial charge in [-0.05, 0) is 13.0 Å². The van der Waals surface area contributed by atoms with Gasteiger partial charge in [0.25, 0.3) is 0 Å². The molecule has 0 unspecified atom stereocenters. The van der Waals surface area contributed by atoms with Crippen LogP contribution in [0.15, 0.2) is 0 Å². The summed E-state index contributed by atoms with van der Waals surface area (Å²) in [4.78, 5) is 10.4. The van der Waals surface area contributed by atoms with Gasteiger partial charge in [0, 0.05) is 5.75 Å². The third-order valence-electron chi connectivity index (χ3n) is 1.30. The van der Waals surface area contributed by atoms with Crippen LogP contribution in [0.1, 0.15) is 6.42 Å². The Morgan fingerprint density at radius 1 is 1.70 bits per heavy atom. The molecule has 0 amide bonds. The molecule has 0 spiro atoms. The Kier molecular flexibility index (Phi) is 3.70. The number of hydrogen-bond donors (Lipinski definition) is 4. The smallest absolute Gasteiger partial charge is 0.324 e. The maximum absolute atomic E-state index is 10.4. The summed E-state index contributed by atoms with van der Waals surface area (Å²) in [6.07, 6.45) is 0.256. The molecule has 0 aromatic rings. The first-order valence-corrected chi connectivity index (χ1v) is 3.53. The van der Waals surface area contributed by atoms with Gasteiger partial charge in [-0.15, -0.1) is 0 Å². The molecule has 0 saturated carbocycles. The molecule has 0 fully saturated rings.